The predicted octanol–water partition coefficient (Wildman–Crippen LogP) is 3.60. The van der Waals surface area contributed by atoms with Gasteiger partial charge in [0.15, 0.2) is 0 Å². The van der Waals surface area contributed by atoms with Crippen LogP contribution in [0.25, 0.3) is 0 Å². The first-order chi connectivity index (χ1) is 14.5. The SMILES string of the molecule is CCOC(=O)/C=C(/C)N(C)C(=O)OCC.CCOC(=O)/C=C(/C)NC.CCOC(=O)Cl. The van der Waals surface area contributed by atoms with Crippen molar-refractivity contribution in [1.82, 2.24) is 10.2 Å². The van der Waals surface area contributed by atoms with Crippen LogP contribution in [0.15, 0.2) is 23.5 Å². The van der Waals surface area contributed by atoms with Crippen LogP contribution in [0.2, 0.25) is 0 Å². The first kappa shape index (κ1) is 32.9. The van der Waals surface area contributed by atoms with Crippen LogP contribution < -0.4 is 5.32 Å². The largest absolute Gasteiger partial charge is 0.463 e. The van der Waals surface area contributed by atoms with E-state index in [0.29, 0.717) is 32.1 Å². The van der Waals surface area contributed by atoms with Crippen molar-refractivity contribution in [3.63, 3.8) is 0 Å². The van der Waals surface area contributed by atoms with Gasteiger partial charge < -0.3 is 24.3 Å². The molecule has 0 spiro atoms. The highest BCUT2D eigenvalue weighted by Gasteiger charge is 2.11. The molecule has 0 saturated heterocycles. The third kappa shape index (κ3) is 23.4. The molecular formula is C20H35ClN2O8. The number of rotatable bonds is 8. The third-order valence-electron chi connectivity index (χ3n) is 2.96. The number of carbonyl (C=O) groups excluding carboxylic acids is 4. The van der Waals surface area contributed by atoms with Crippen LogP contribution in [-0.4, -0.2) is 68.9 Å². The third-order valence-corrected chi connectivity index (χ3v) is 3.07. The Kier molecular flexibility index (Phi) is 23.3. The fourth-order valence-corrected chi connectivity index (χ4v) is 1.47. The average Bonchev–Trinajstić information content (AvgIpc) is 2.68. The van der Waals surface area contributed by atoms with Crippen molar-refractivity contribution in [1.29, 1.82) is 0 Å². The van der Waals surface area contributed by atoms with Gasteiger partial charge in [0, 0.05) is 49.2 Å². The Morgan fingerprint density at radius 1 is 0.806 bits per heavy atom. The average molecular weight is 467 g/mol. The topological polar surface area (TPSA) is 120 Å². The summed E-state index contributed by atoms with van der Waals surface area (Å²) < 4.78 is 18.3. The summed E-state index contributed by atoms with van der Waals surface area (Å²) in [4.78, 5) is 43.8. The molecule has 31 heavy (non-hydrogen) atoms. The second kappa shape index (κ2) is 21.9. The predicted molar refractivity (Wildman–Crippen MR) is 117 cm³/mol. The molecule has 1 amide bonds. The fraction of sp³-hybridized carbons (Fsp3) is 0.600. The van der Waals surface area contributed by atoms with Crippen LogP contribution >= 0.6 is 11.6 Å². The summed E-state index contributed by atoms with van der Waals surface area (Å²) in [5, 5.41) is 2.81. The van der Waals surface area contributed by atoms with Gasteiger partial charge in [0.1, 0.15) is 0 Å². The molecule has 0 aromatic heterocycles. The van der Waals surface area contributed by atoms with Gasteiger partial charge in [-0.15, -0.1) is 0 Å². The molecule has 0 aliphatic rings. The van der Waals surface area contributed by atoms with Gasteiger partial charge in [0.2, 0.25) is 0 Å². The number of allylic oxidation sites excluding steroid dienone is 2. The van der Waals surface area contributed by atoms with E-state index >= 15 is 0 Å². The second-order valence-corrected chi connectivity index (χ2v) is 5.60. The van der Waals surface area contributed by atoms with Crippen molar-refractivity contribution in [2.45, 2.75) is 41.5 Å². The minimum Gasteiger partial charge on any atom is -0.463 e. The number of ether oxygens (including phenoxy) is 4. The maximum atomic E-state index is 11.2. The summed E-state index contributed by atoms with van der Waals surface area (Å²) in [6.45, 7) is 11.7. The smallest absolute Gasteiger partial charge is 0.413 e. The summed E-state index contributed by atoms with van der Waals surface area (Å²) in [6.07, 6.45) is 2.18. The molecule has 0 fully saturated rings. The number of hydrogen-bond donors (Lipinski definition) is 1. The lowest BCUT2D eigenvalue weighted by Crippen LogP contribution is -2.26. The number of hydrogen-bond acceptors (Lipinski definition) is 9. The molecule has 0 saturated carbocycles. The van der Waals surface area contributed by atoms with E-state index in [-0.39, 0.29) is 5.97 Å². The summed E-state index contributed by atoms with van der Waals surface area (Å²) in [5.41, 5.74) is 0.544. The van der Waals surface area contributed by atoms with E-state index in [1.807, 2.05) is 0 Å². The molecular weight excluding hydrogens is 432 g/mol. The molecule has 11 heteroatoms. The van der Waals surface area contributed by atoms with Crippen molar-refractivity contribution in [2.75, 3.05) is 40.5 Å². The van der Waals surface area contributed by atoms with Crippen LogP contribution in [0.1, 0.15) is 41.5 Å². The first-order valence-electron chi connectivity index (χ1n) is 9.60. The number of amides is 1. The standard InChI is InChI=1S/C10H17NO4.C7H13NO2.C3H5ClO2/c1-5-14-9(12)7-8(3)11(4)10(13)15-6-2;1-4-10-7(9)5-6(2)8-3;1-2-6-3(4)5/h7H,5-6H2,1-4H3;5,8H,4H2,1-3H3;2H2,1H3/b8-7-;6-5-;. The molecule has 0 unspecified atom stereocenters. The molecule has 0 aromatic rings. The number of nitrogens with one attached hydrogen (secondary N) is 1. The molecule has 0 radical (unpaired) electrons. The lowest BCUT2D eigenvalue weighted by Gasteiger charge is -2.16. The number of carbonyl (C=O) groups is 4. The van der Waals surface area contributed by atoms with E-state index in [2.05, 4.69) is 14.8 Å². The molecule has 0 aromatic carbocycles. The van der Waals surface area contributed by atoms with E-state index in [4.69, 9.17) is 21.1 Å². The van der Waals surface area contributed by atoms with Crippen LogP contribution in [0.3, 0.4) is 0 Å². The number of nitrogens with zero attached hydrogens (tertiary/aromatic N) is 1. The Balaban J connectivity index is -0.000000421. The quantitative estimate of drug-likeness (QED) is 0.247. The Bertz CT molecular complexity index is 606. The Hall–Kier alpha value is -2.75. The van der Waals surface area contributed by atoms with Crippen molar-refractivity contribution in [3.8, 4) is 0 Å². The Morgan fingerprint density at radius 2 is 1.23 bits per heavy atom. The minimum atomic E-state index is -0.738. The molecule has 180 valence electrons. The van der Waals surface area contributed by atoms with E-state index in [1.165, 1.54) is 24.1 Å². The van der Waals surface area contributed by atoms with E-state index < -0.39 is 17.5 Å². The van der Waals surface area contributed by atoms with Gasteiger partial charge in [-0.25, -0.2) is 19.2 Å². The van der Waals surface area contributed by atoms with Gasteiger partial charge in [-0.05, 0) is 41.5 Å². The van der Waals surface area contributed by atoms with Crippen molar-refractivity contribution < 1.29 is 38.1 Å². The zero-order chi connectivity index (χ0) is 24.8. The summed E-state index contributed by atoms with van der Waals surface area (Å²) in [6, 6.07) is 0. The van der Waals surface area contributed by atoms with Gasteiger partial charge >= 0.3 is 23.5 Å². The van der Waals surface area contributed by atoms with Gasteiger partial charge in [-0.2, -0.15) is 0 Å². The highest BCUT2D eigenvalue weighted by Crippen LogP contribution is 2.03. The lowest BCUT2D eigenvalue weighted by molar-refractivity contribution is -0.138. The maximum Gasteiger partial charge on any atom is 0.413 e. The van der Waals surface area contributed by atoms with Crippen molar-refractivity contribution >= 4 is 35.1 Å². The lowest BCUT2D eigenvalue weighted by atomic mass is 10.4. The van der Waals surface area contributed by atoms with Crippen molar-refractivity contribution in [2.24, 2.45) is 0 Å². The normalized spacial score (nSPS) is 10.2. The van der Waals surface area contributed by atoms with Crippen molar-refractivity contribution in [3.05, 3.63) is 23.5 Å². The van der Waals surface area contributed by atoms with Crippen LogP contribution in [0.4, 0.5) is 9.59 Å². The summed E-state index contributed by atoms with van der Waals surface area (Å²) in [5.74, 6) is -0.763. The number of esters is 2. The van der Waals surface area contributed by atoms with Gasteiger partial charge in [-0.3, -0.25) is 4.90 Å². The summed E-state index contributed by atoms with van der Waals surface area (Å²) in [7, 11) is 3.29. The van der Waals surface area contributed by atoms with E-state index in [0.717, 1.165) is 5.70 Å². The van der Waals surface area contributed by atoms with Gasteiger partial charge in [0.25, 0.3) is 0 Å². The maximum absolute atomic E-state index is 11.2. The van der Waals surface area contributed by atoms with Gasteiger partial charge in [-0.1, -0.05) is 0 Å². The molecule has 0 aliphatic heterocycles. The minimum absolute atomic E-state index is 0.297. The molecule has 10 nitrogen and oxygen atoms in total. The van der Waals surface area contributed by atoms with E-state index in [1.54, 1.807) is 48.6 Å². The molecule has 1 N–H and O–H groups in total. The first-order valence-corrected chi connectivity index (χ1v) is 9.98. The van der Waals surface area contributed by atoms with Crippen LogP contribution in [0, 0.1) is 0 Å². The summed E-state index contributed by atoms with van der Waals surface area (Å²) >= 11 is 4.72. The van der Waals surface area contributed by atoms with Gasteiger partial charge in [0.05, 0.1) is 26.4 Å². The second-order valence-electron chi connectivity index (χ2n) is 5.30. The highest BCUT2D eigenvalue weighted by atomic mass is 35.5. The fourth-order valence-electron chi connectivity index (χ4n) is 1.36. The molecule has 0 aliphatic carbocycles. The molecule has 0 rings (SSSR count). The monoisotopic (exact) mass is 466 g/mol. The Labute approximate surface area is 189 Å². The van der Waals surface area contributed by atoms with Crippen LogP contribution in [-0.2, 0) is 28.5 Å². The number of halogens is 1. The Morgan fingerprint density at radius 3 is 1.55 bits per heavy atom. The molecule has 0 heterocycles. The highest BCUT2D eigenvalue weighted by molar-refractivity contribution is 6.61. The zero-order valence-electron chi connectivity index (χ0n) is 19.6. The molecule has 0 atom stereocenters. The zero-order valence-corrected chi connectivity index (χ0v) is 20.3. The van der Waals surface area contributed by atoms with E-state index in [9.17, 15) is 19.2 Å². The van der Waals surface area contributed by atoms with Crippen LogP contribution in [0.5, 0.6) is 0 Å². The molecule has 0 bridgehead atoms.